The number of methoxy groups -OCH3 is 1. The zero-order chi connectivity index (χ0) is 18.8. The molecule has 0 aromatic heterocycles. The normalized spacial score (nSPS) is 10.3. The largest absolute Gasteiger partial charge is 0.495 e. The Kier molecular flexibility index (Phi) is 8.73. The number of amides is 4. The molecular formula is C16H23ClN4O4. The highest BCUT2D eigenvalue weighted by Gasteiger charge is 2.14. The van der Waals surface area contributed by atoms with Gasteiger partial charge in [-0.2, -0.15) is 0 Å². The van der Waals surface area contributed by atoms with Crippen LogP contribution in [0.2, 0.25) is 5.02 Å². The molecule has 1 rings (SSSR count). The summed E-state index contributed by atoms with van der Waals surface area (Å²) < 4.78 is 5.15. The lowest BCUT2D eigenvalue weighted by Crippen LogP contribution is -2.45. The lowest BCUT2D eigenvalue weighted by atomic mass is 10.3. The number of hydrogen-bond acceptors (Lipinski definition) is 5. The van der Waals surface area contributed by atoms with Gasteiger partial charge in [-0.3, -0.25) is 19.8 Å². The number of nitrogens with zero attached hydrogens (tertiary/aromatic N) is 1. The quantitative estimate of drug-likeness (QED) is 0.643. The van der Waals surface area contributed by atoms with Crippen LogP contribution in [0.3, 0.4) is 0 Å². The molecule has 0 fully saturated rings. The van der Waals surface area contributed by atoms with Crippen LogP contribution in [-0.4, -0.2) is 56.5 Å². The molecule has 25 heavy (non-hydrogen) atoms. The fourth-order valence-electron chi connectivity index (χ4n) is 1.96. The van der Waals surface area contributed by atoms with Crippen molar-refractivity contribution >= 4 is 35.1 Å². The Morgan fingerprint density at radius 3 is 2.52 bits per heavy atom. The van der Waals surface area contributed by atoms with E-state index in [1.807, 2.05) is 6.92 Å². The minimum atomic E-state index is -0.548. The summed E-state index contributed by atoms with van der Waals surface area (Å²) in [5.74, 6) is -0.360. The Morgan fingerprint density at radius 1 is 1.20 bits per heavy atom. The van der Waals surface area contributed by atoms with Crippen LogP contribution in [0, 0.1) is 0 Å². The van der Waals surface area contributed by atoms with Crippen LogP contribution in [0.1, 0.15) is 13.3 Å². The maximum Gasteiger partial charge on any atom is 0.321 e. The summed E-state index contributed by atoms with van der Waals surface area (Å²) in [6.45, 7) is 2.25. The van der Waals surface area contributed by atoms with Crippen LogP contribution in [-0.2, 0) is 9.59 Å². The molecule has 0 aliphatic carbocycles. The van der Waals surface area contributed by atoms with E-state index < -0.39 is 11.9 Å². The van der Waals surface area contributed by atoms with Crippen LogP contribution >= 0.6 is 11.6 Å². The summed E-state index contributed by atoms with van der Waals surface area (Å²) in [7, 11) is 3.08. The Morgan fingerprint density at radius 2 is 1.88 bits per heavy atom. The van der Waals surface area contributed by atoms with E-state index in [2.05, 4.69) is 16.0 Å². The van der Waals surface area contributed by atoms with E-state index in [0.29, 0.717) is 23.0 Å². The molecule has 1 aromatic carbocycles. The number of urea groups is 1. The van der Waals surface area contributed by atoms with E-state index in [-0.39, 0.29) is 19.0 Å². The van der Waals surface area contributed by atoms with Gasteiger partial charge in [0, 0.05) is 11.6 Å². The molecule has 3 N–H and O–H groups in total. The van der Waals surface area contributed by atoms with Gasteiger partial charge in [-0.1, -0.05) is 18.5 Å². The molecule has 8 nitrogen and oxygen atoms in total. The molecule has 138 valence electrons. The Labute approximate surface area is 151 Å². The van der Waals surface area contributed by atoms with Crippen LogP contribution in [0.25, 0.3) is 0 Å². The smallest absolute Gasteiger partial charge is 0.321 e. The third-order valence-electron chi connectivity index (χ3n) is 3.05. The molecule has 0 bridgehead atoms. The first-order valence-corrected chi connectivity index (χ1v) is 8.13. The number of carbonyl (C=O) groups excluding carboxylic acids is 3. The van der Waals surface area contributed by atoms with E-state index >= 15 is 0 Å². The third kappa shape index (κ3) is 7.86. The highest BCUT2D eigenvalue weighted by Crippen LogP contribution is 2.27. The molecule has 0 atom stereocenters. The first kappa shape index (κ1) is 20.7. The highest BCUT2D eigenvalue weighted by molar-refractivity contribution is 6.31. The molecule has 0 aliphatic rings. The van der Waals surface area contributed by atoms with Crippen molar-refractivity contribution in [2.75, 3.05) is 39.1 Å². The second kappa shape index (κ2) is 10.5. The third-order valence-corrected chi connectivity index (χ3v) is 3.29. The second-order valence-electron chi connectivity index (χ2n) is 5.37. The number of likely N-dealkylation sites (N-methyl/N-ethyl adjacent to an activating group) is 1. The second-order valence-corrected chi connectivity index (χ2v) is 5.81. The minimum Gasteiger partial charge on any atom is -0.495 e. The van der Waals surface area contributed by atoms with E-state index in [1.54, 1.807) is 25.2 Å². The van der Waals surface area contributed by atoms with Gasteiger partial charge in [-0.25, -0.2) is 4.79 Å². The van der Waals surface area contributed by atoms with Crippen molar-refractivity contribution in [3.05, 3.63) is 23.2 Å². The van der Waals surface area contributed by atoms with E-state index in [9.17, 15) is 14.4 Å². The maximum absolute atomic E-state index is 12.1. The molecule has 0 unspecified atom stereocenters. The Hall–Kier alpha value is -2.32. The number of imide groups is 1. The average molecular weight is 371 g/mol. The van der Waals surface area contributed by atoms with Gasteiger partial charge in [-0.15, -0.1) is 0 Å². The van der Waals surface area contributed by atoms with Crippen molar-refractivity contribution in [2.24, 2.45) is 0 Å². The van der Waals surface area contributed by atoms with Crippen LogP contribution in [0.4, 0.5) is 10.5 Å². The van der Waals surface area contributed by atoms with Gasteiger partial charge in [0.05, 0.1) is 25.9 Å². The lowest BCUT2D eigenvalue weighted by Gasteiger charge is -2.16. The predicted molar refractivity (Wildman–Crippen MR) is 96.0 cm³/mol. The first-order valence-electron chi connectivity index (χ1n) is 7.75. The number of halogens is 1. The highest BCUT2D eigenvalue weighted by atomic mass is 35.5. The number of nitrogens with one attached hydrogen (secondary N) is 3. The van der Waals surface area contributed by atoms with Gasteiger partial charge in [-0.05, 0) is 31.7 Å². The maximum atomic E-state index is 12.1. The topological polar surface area (TPSA) is 99.8 Å². The summed E-state index contributed by atoms with van der Waals surface area (Å²) in [5, 5.41) is 7.86. The van der Waals surface area contributed by atoms with Crippen molar-refractivity contribution in [3.8, 4) is 5.75 Å². The van der Waals surface area contributed by atoms with E-state index in [4.69, 9.17) is 16.3 Å². The van der Waals surface area contributed by atoms with Crippen molar-refractivity contribution in [1.82, 2.24) is 15.5 Å². The average Bonchev–Trinajstić information content (AvgIpc) is 2.52. The van der Waals surface area contributed by atoms with Gasteiger partial charge in [0.2, 0.25) is 11.8 Å². The summed E-state index contributed by atoms with van der Waals surface area (Å²) in [5.41, 5.74) is 0.441. The molecular weight excluding hydrogens is 348 g/mol. The number of hydrogen-bond donors (Lipinski definition) is 3. The van der Waals surface area contributed by atoms with E-state index in [0.717, 1.165) is 6.42 Å². The fraction of sp³-hybridized carbons (Fsp3) is 0.438. The Bertz CT molecular complexity index is 624. The Balaban J connectivity index is 2.47. The van der Waals surface area contributed by atoms with E-state index in [1.165, 1.54) is 12.0 Å². The lowest BCUT2D eigenvalue weighted by molar-refractivity contribution is -0.122. The SMILES string of the molecule is CCCNC(=O)NC(=O)CN(C)CC(=O)Nc1cc(Cl)ccc1OC. The summed E-state index contributed by atoms with van der Waals surface area (Å²) in [6.07, 6.45) is 0.772. The van der Waals surface area contributed by atoms with Crippen molar-refractivity contribution in [2.45, 2.75) is 13.3 Å². The first-order chi connectivity index (χ1) is 11.8. The molecule has 0 heterocycles. The fourth-order valence-corrected chi connectivity index (χ4v) is 2.13. The molecule has 0 saturated heterocycles. The standard InChI is InChI=1S/C16H23ClN4O4/c1-4-7-18-16(24)20-15(23)10-21(2)9-14(22)19-12-8-11(17)5-6-13(12)25-3/h5-6,8H,4,7,9-10H2,1-3H3,(H,19,22)(H2,18,20,23,24). The molecule has 0 spiro atoms. The predicted octanol–water partition coefficient (Wildman–Crippen LogP) is 1.45. The molecule has 1 aromatic rings. The number of rotatable bonds is 8. The van der Waals surface area contributed by atoms with Crippen molar-refractivity contribution in [3.63, 3.8) is 0 Å². The van der Waals surface area contributed by atoms with Gasteiger partial charge in [0.25, 0.3) is 0 Å². The number of anilines is 1. The number of carbonyl (C=O) groups is 3. The molecule has 4 amide bonds. The monoisotopic (exact) mass is 370 g/mol. The van der Waals surface area contributed by atoms with Crippen LogP contribution < -0.4 is 20.7 Å². The van der Waals surface area contributed by atoms with Gasteiger partial charge in [0.1, 0.15) is 5.75 Å². The van der Waals surface area contributed by atoms with Crippen LogP contribution in [0.5, 0.6) is 5.75 Å². The zero-order valence-corrected chi connectivity index (χ0v) is 15.3. The molecule has 0 radical (unpaired) electrons. The van der Waals surface area contributed by atoms with Gasteiger partial charge in [0.15, 0.2) is 0 Å². The van der Waals surface area contributed by atoms with Crippen molar-refractivity contribution < 1.29 is 19.1 Å². The number of ether oxygens (including phenoxy) is 1. The summed E-state index contributed by atoms with van der Waals surface area (Å²) in [6, 6.07) is 4.32. The van der Waals surface area contributed by atoms with Crippen LogP contribution in [0.15, 0.2) is 18.2 Å². The molecule has 0 saturated carbocycles. The summed E-state index contributed by atoms with van der Waals surface area (Å²) in [4.78, 5) is 36.7. The zero-order valence-electron chi connectivity index (χ0n) is 14.5. The van der Waals surface area contributed by atoms with Crippen molar-refractivity contribution in [1.29, 1.82) is 0 Å². The molecule has 9 heteroatoms. The minimum absolute atomic E-state index is 0.0420. The number of benzene rings is 1. The summed E-state index contributed by atoms with van der Waals surface area (Å²) >= 11 is 5.91. The van der Waals surface area contributed by atoms with Gasteiger partial charge >= 0.3 is 6.03 Å². The molecule has 0 aliphatic heterocycles. The van der Waals surface area contributed by atoms with Gasteiger partial charge < -0.3 is 15.4 Å².